The standard InChI is InChI=1S/C20H34O3.C5H10N2O/c1-2-3-4-5-6-9-12-17-15-16-19(21)18(17)13-10-7-8-11-14-20(22)23;6-5(8)4-1-2-7-3-4/h9,12,17-18H,2-8,10-11,13-16H2,1H3,(H,22,23);4,7H,1-3H2,(H2,6,8)/t17-,18+;/m0./s1. The summed E-state index contributed by atoms with van der Waals surface area (Å²) in [7, 11) is 0. The van der Waals surface area contributed by atoms with E-state index in [0.717, 1.165) is 70.9 Å². The molecule has 0 spiro atoms. The summed E-state index contributed by atoms with van der Waals surface area (Å²) in [5.41, 5.74) is 5.02. The molecule has 0 aromatic rings. The molecule has 1 amide bonds. The number of ketones is 1. The topological polar surface area (TPSA) is 109 Å². The van der Waals surface area contributed by atoms with E-state index in [-0.39, 0.29) is 24.2 Å². The van der Waals surface area contributed by atoms with Gasteiger partial charge in [0.15, 0.2) is 0 Å². The molecular weight excluding hydrogens is 392 g/mol. The van der Waals surface area contributed by atoms with E-state index in [1.165, 1.54) is 25.7 Å². The number of aliphatic carboxylic acids is 1. The van der Waals surface area contributed by atoms with Crippen LogP contribution in [0.25, 0.3) is 0 Å². The van der Waals surface area contributed by atoms with E-state index in [2.05, 4.69) is 24.4 Å². The van der Waals surface area contributed by atoms with Gasteiger partial charge in [-0.2, -0.15) is 0 Å². The van der Waals surface area contributed by atoms with Crippen LogP contribution in [0.3, 0.4) is 0 Å². The third-order valence-electron chi connectivity index (χ3n) is 6.38. The Kier molecular flexibility index (Phi) is 14.9. The van der Waals surface area contributed by atoms with Crippen molar-refractivity contribution < 1.29 is 19.5 Å². The van der Waals surface area contributed by atoms with Crippen LogP contribution in [0.5, 0.6) is 0 Å². The summed E-state index contributed by atoms with van der Waals surface area (Å²) < 4.78 is 0. The van der Waals surface area contributed by atoms with Crippen LogP contribution in [0.1, 0.15) is 96.8 Å². The lowest BCUT2D eigenvalue weighted by Crippen LogP contribution is -2.24. The first-order valence-electron chi connectivity index (χ1n) is 12.4. The first-order chi connectivity index (χ1) is 15.0. The number of hydrogen-bond acceptors (Lipinski definition) is 4. The van der Waals surface area contributed by atoms with Crippen molar-refractivity contribution in [3.63, 3.8) is 0 Å². The Balaban J connectivity index is 0.000000500. The fourth-order valence-corrected chi connectivity index (χ4v) is 4.39. The minimum Gasteiger partial charge on any atom is -0.481 e. The van der Waals surface area contributed by atoms with Gasteiger partial charge in [-0.25, -0.2) is 0 Å². The SMILES string of the molecule is CCCCCCC=C[C@H]1CCC(=O)[C@@H]1CCCCCCC(=O)O.NC(=O)C1CCNC1. The molecule has 0 aromatic carbocycles. The number of primary amides is 1. The van der Waals surface area contributed by atoms with Crippen LogP contribution in [0.15, 0.2) is 12.2 Å². The van der Waals surface area contributed by atoms with Gasteiger partial charge >= 0.3 is 5.97 Å². The zero-order valence-corrected chi connectivity index (χ0v) is 19.4. The Labute approximate surface area is 188 Å². The summed E-state index contributed by atoms with van der Waals surface area (Å²) in [4.78, 5) is 32.9. The van der Waals surface area contributed by atoms with Crippen LogP contribution in [0, 0.1) is 17.8 Å². The monoisotopic (exact) mass is 436 g/mol. The third-order valence-corrected chi connectivity index (χ3v) is 6.38. The molecule has 1 aliphatic heterocycles. The number of hydrogen-bond donors (Lipinski definition) is 3. The van der Waals surface area contributed by atoms with Crippen molar-refractivity contribution in [2.24, 2.45) is 23.5 Å². The summed E-state index contributed by atoms with van der Waals surface area (Å²) in [6.07, 6.45) is 18.7. The van der Waals surface area contributed by atoms with Gasteiger partial charge in [0.1, 0.15) is 5.78 Å². The van der Waals surface area contributed by atoms with Gasteiger partial charge in [-0.15, -0.1) is 0 Å². The minimum atomic E-state index is -0.708. The predicted octanol–water partition coefficient (Wildman–Crippen LogP) is 4.61. The van der Waals surface area contributed by atoms with E-state index in [1.807, 2.05) is 0 Å². The molecule has 1 saturated carbocycles. The van der Waals surface area contributed by atoms with Gasteiger partial charge in [0, 0.05) is 25.3 Å². The molecule has 0 aromatic heterocycles. The Hall–Kier alpha value is -1.69. The van der Waals surface area contributed by atoms with Crippen LogP contribution < -0.4 is 11.1 Å². The first-order valence-corrected chi connectivity index (χ1v) is 12.4. The number of carboxylic acid groups (broad SMARTS) is 1. The number of unbranched alkanes of at least 4 members (excludes halogenated alkanes) is 7. The summed E-state index contributed by atoms with van der Waals surface area (Å²) in [6, 6.07) is 0. The molecule has 1 aliphatic carbocycles. The molecule has 0 radical (unpaired) electrons. The Morgan fingerprint density at radius 3 is 2.45 bits per heavy atom. The van der Waals surface area contributed by atoms with Crippen molar-refractivity contribution >= 4 is 17.7 Å². The molecule has 3 atom stereocenters. The number of Topliss-reactive ketones (excluding diaryl/α,β-unsaturated/α-hetero) is 1. The average molecular weight is 437 g/mol. The number of carbonyl (C=O) groups is 3. The fraction of sp³-hybridized carbons (Fsp3) is 0.800. The van der Waals surface area contributed by atoms with Crippen LogP contribution in [0.2, 0.25) is 0 Å². The third kappa shape index (κ3) is 12.7. The normalized spacial score (nSPS) is 23.1. The molecule has 1 saturated heterocycles. The predicted molar refractivity (Wildman–Crippen MR) is 125 cm³/mol. The zero-order chi connectivity index (χ0) is 22.9. The number of nitrogens with two attached hydrogens (primary N) is 1. The molecule has 2 fully saturated rings. The quantitative estimate of drug-likeness (QED) is 0.272. The lowest BCUT2D eigenvalue weighted by atomic mass is 9.89. The highest BCUT2D eigenvalue weighted by atomic mass is 16.4. The van der Waals surface area contributed by atoms with Crippen molar-refractivity contribution in [3.05, 3.63) is 12.2 Å². The molecule has 0 bridgehead atoms. The summed E-state index contributed by atoms with van der Waals surface area (Å²) in [5.74, 6) is 0.329. The number of rotatable bonds is 14. The van der Waals surface area contributed by atoms with Gasteiger partial charge in [-0.3, -0.25) is 14.4 Å². The molecule has 31 heavy (non-hydrogen) atoms. The van der Waals surface area contributed by atoms with Crippen molar-refractivity contribution in [3.8, 4) is 0 Å². The molecule has 4 N–H and O–H groups in total. The van der Waals surface area contributed by atoms with Gasteiger partial charge in [-0.05, 0) is 51.0 Å². The molecule has 1 unspecified atom stereocenters. The molecular formula is C25H44N2O4. The van der Waals surface area contributed by atoms with Crippen LogP contribution >= 0.6 is 0 Å². The second-order valence-corrected chi connectivity index (χ2v) is 8.99. The van der Waals surface area contributed by atoms with E-state index in [1.54, 1.807) is 0 Å². The number of allylic oxidation sites excluding steroid dienone is 2. The maximum atomic E-state index is 12.1. The lowest BCUT2D eigenvalue weighted by Gasteiger charge is -2.14. The maximum absolute atomic E-state index is 12.1. The second kappa shape index (κ2) is 16.9. The summed E-state index contributed by atoms with van der Waals surface area (Å²) in [5, 5.41) is 11.7. The molecule has 6 nitrogen and oxygen atoms in total. The number of amides is 1. The average Bonchev–Trinajstić information content (AvgIpc) is 3.39. The van der Waals surface area contributed by atoms with Gasteiger partial charge in [0.2, 0.25) is 5.91 Å². The van der Waals surface area contributed by atoms with Crippen molar-refractivity contribution in [2.45, 2.75) is 96.8 Å². The summed E-state index contributed by atoms with van der Waals surface area (Å²) >= 11 is 0. The Bertz CT molecular complexity index is 556. The highest BCUT2D eigenvalue weighted by molar-refractivity contribution is 5.83. The van der Waals surface area contributed by atoms with Gasteiger partial charge in [0.25, 0.3) is 0 Å². The highest BCUT2D eigenvalue weighted by Gasteiger charge is 2.32. The zero-order valence-electron chi connectivity index (χ0n) is 19.4. The number of carboxylic acids is 1. The van der Waals surface area contributed by atoms with Crippen LogP contribution in [-0.2, 0) is 14.4 Å². The highest BCUT2D eigenvalue weighted by Crippen LogP contribution is 2.34. The number of carbonyl (C=O) groups excluding carboxylic acids is 2. The summed E-state index contributed by atoms with van der Waals surface area (Å²) in [6.45, 7) is 3.94. The van der Waals surface area contributed by atoms with E-state index in [9.17, 15) is 14.4 Å². The molecule has 6 heteroatoms. The van der Waals surface area contributed by atoms with Gasteiger partial charge in [-0.1, -0.05) is 57.6 Å². The van der Waals surface area contributed by atoms with Gasteiger partial charge in [0.05, 0.1) is 5.92 Å². The Morgan fingerprint density at radius 2 is 1.84 bits per heavy atom. The molecule has 2 rings (SSSR count). The second-order valence-electron chi connectivity index (χ2n) is 8.99. The fourth-order valence-electron chi connectivity index (χ4n) is 4.39. The first kappa shape index (κ1) is 27.3. The number of nitrogens with one attached hydrogen (secondary N) is 1. The smallest absolute Gasteiger partial charge is 0.303 e. The maximum Gasteiger partial charge on any atom is 0.303 e. The lowest BCUT2D eigenvalue weighted by molar-refractivity contribution is -0.137. The van der Waals surface area contributed by atoms with E-state index in [4.69, 9.17) is 10.8 Å². The molecule has 178 valence electrons. The molecule has 1 heterocycles. The molecule has 2 aliphatic rings. The van der Waals surface area contributed by atoms with Crippen molar-refractivity contribution in [1.82, 2.24) is 5.32 Å². The van der Waals surface area contributed by atoms with E-state index >= 15 is 0 Å². The van der Waals surface area contributed by atoms with Crippen molar-refractivity contribution in [2.75, 3.05) is 13.1 Å². The van der Waals surface area contributed by atoms with Crippen LogP contribution in [0.4, 0.5) is 0 Å². The van der Waals surface area contributed by atoms with E-state index in [0.29, 0.717) is 11.7 Å². The van der Waals surface area contributed by atoms with Gasteiger partial charge < -0.3 is 16.2 Å². The van der Waals surface area contributed by atoms with Crippen LogP contribution in [-0.4, -0.2) is 35.9 Å². The van der Waals surface area contributed by atoms with E-state index < -0.39 is 5.97 Å². The Morgan fingerprint density at radius 1 is 1.10 bits per heavy atom. The van der Waals surface area contributed by atoms with Crippen molar-refractivity contribution in [1.29, 1.82) is 0 Å². The minimum absolute atomic E-state index is 0.0926. The largest absolute Gasteiger partial charge is 0.481 e.